The molecule has 0 spiro atoms. The highest BCUT2D eigenvalue weighted by Crippen LogP contribution is 2.38. The molecule has 0 saturated carbocycles. The summed E-state index contributed by atoms with van der Waals surface area (Å²) < 4.78 is 44.0. The van der Waals surface area contributed by atoms with E-state index in [1.165, 1.54) is 51.8 Å². The Kier molecular flexibility index (Phi) is 22.7. The standard InChI is InChI=1S/C59H77FN12O10S/c1-37-9-14-43-44(32-37)39(3)82-56-54(61)65-34-46(66-56)52-47(35-69(6)58(43)76)68-72(55(52)63-5)22-18-64-51(74)17-24-78-26-28-80-30-31-81-29-27-79-25-23-70-20-15-40(16-21-70)45(33-50(73)38(2)62-4)59(77)71-19-7-8-49(71)57-67-48(36-83-57)53(75)41-10-12-42(60)13-11-41/h9-14,32,34,38-40,45,48-49,62H,7-8,15-31,33,35-36H2,1-4,6H3,(H2,61,65)(H,64,74)/t38-,39+,45-,48?,49-/m0/s1. The van der Waals surface area contributed by atoms with Gasteiger partial charge in [0.2, 0.25) is 11.8 Å². The summed E-state index contributed by atoms with van der Waals surface area (Å²) in [6.07, 6.45) is 4.30. The number of nitrogens with one attached hydrogen (secondary N) is 2. The number of ether oxygens (including phenoxy) is 5. The molecule has 0 aliphatic carbocycles. The summed E-state index contributed by atoms with van der Waals surface area (Å²) in [5, 5.41) is 11.4. The van der Waals surface area contributed by atoms with Crippen LogP contribution in [0.3, 0.4) is 0 Å². The highest BCUT2D eigenvalue weighted by atomic mass is 32.2. The number of aromatic nitrogens is 4. The van der Waals surface area contributed by atoms with Crippen LogP contribution in [0.15, 0.2) is 53.7 Å². The maximum atomic E-state index is 14.5. The van der Waals surface area contributed by atoms with E-state index in [1.807, 2.05) is 37.8 Å². The molecule has 4 aliphatic heterocycles. The minimum absolute atomic E-state index is 0.00919. The van der Waals surface area contributed by atoms with Gasteiger partial charge in [0.15, 0.2) is 11.6 Å². The van der Waals surface area contributed by atoms with Gasteiger partial charge in [-0.3, -0.25) is 29.0 Å². The molecule has 22 nitrogen and oxygen atoms in total. The minimum Gasteiger partial charge on any atom is -0.467 e. The van der Waals surface area contributed by atoms with Crippen LogP contribution in [0.4, 0.5) is 16.0 Å². The molecule has 4 aromatic rings. The molecule has 2 fully saturated rings. The van der Waals surface area contributed by atoms with Gasteiger partial charge in [-0.15, -0.1) is 16.9 Å². The van der Waals surface area contributed by atoms with Crippen LogP contribution in [-0.4, -0.2) is 192 Å². The average molecular weight is 1170 g/mol. The number of fused-ring (bicyclic) bond motifs is 5. The van der Waals surface area contributed by atoms with Crippen molar-refractivity contribution in [3.63, 3.8) is 0 Å². The number of likely N-dealkylation sites (N-methyl/N-ethyl adjacent to an activating group) is 1. The summed E-state index contributed by atoms with van der Waals surface area (Å²) in [5.41, 5.74) is 9.83. The van der Waals surface area contributed by atoms with Gasteiger partial charge in [-0.1, -0.05) is 24.3 Å². The Labute approximate surface area is 488 Å². The SMILES string of the molecule is [C-]#[N+]c1c2c(nn1CCNC(=O)CCOCCOCCOCCOCCN1CCC([C@H](CC(=O)[C@H](C)NC)C(=O)N3CCC[C@H]3C3=NC(C(=O)c4ccc(F)cc4)CS3)CC1)CN(C)C(=O)c1ccc(C)cc1[C@@H](C)Oc1nc-2cnc1N. The van der Waals surface area contributed by atoms with E-state index in [9.17, 15) is 28.4 Å². The Balaban J connectivity index is 0.682. The van der Waals surface area contributed by atoms with Crippen molar-refractivity contribution >= 4 is 57.7 Å². The number of carbonyl (C=O) groups excluding carboxylic acids is 5. The first kappa shape index (κ1) is 62.3. The smallest absolute Gasteiger partial charge is 0.262 e. The van der Waals surface area contributed by atoms with Crippen LogP contribution in [0, 0.1) is 31.1 Å². The van der Waals surface area contributed by atoms with Crippen LogP contribution in [0.5, 0.6) is 5.88 Å². The molecule has 8 rings (SSSR count). The minimum atomic E-state index is -0.587. The number of Topliss-reactive ketones (excluding diaryl/α,β-unsaturated/α-hetero) is 2. The zero-order valence-corrected chi connectivity index (χ0v) is 48.9. The largest absolute Gasteiger partial charge is 0.467 e. The summed E-state index contributed by atoms with van der Waals surface area (Å²) >= 11 is 1.51. The van der Waals surface area contributed by atoms with Crippen LogP contribution in [-0.2, 0) is 46.4 Å². The Morgan fingerprint density at radius 1 is 0.952 bits per heavy atom. The van der Waals surface area contributed by atoms with E-state index in [0.29, 0.717) is 92.2 Å². The molecule has 24 heteroatoms. The summed E-state index contributed by atoms with van der Waals surface area (Å²) in [5.74, 6) is -0.662. The van der Waals surface area contributed by atoms with E-state index in [0.717, 1.165) is 55.9 Å². The van der Waals surface area contributed by atoms with Crippen molar-refractivity contribution in [2.45, 2.75) is 96.6 Å². The lowest BCUT2D eigenvalue weighted by Crippen LogP contribution is -2.48. The van der Waals surface area contributed by atoms with Crippen molar-refractivity contribution in [2.75, 3.05) is 111 Å². The number of likely N-dealkylation sites (tertiary alicyclic amines) is 2. The van der Waals surface area contributed by atoms with Crippen LogP contribution >= 0.6 is 11.8 Å². The van der Waals surface area contributed by atoms with E-state index in [2.05, 4.69) is 30.3 Å². The number of amides is 3. The van der Waals surface area contributed by atoms with E-state index < -0.39 is 23.9 Å². The van der Waals surface area contributed by atoms with E-state index in [1.54, 1.807) is 20.2 Å². The fraction of sp³-hybridized carbons (Fsp3) is 0.559. The fourth-order valence-electron chi connectivity index (χ4n) is 10.8. The highest BCUT2D eigenvalue weighted by Gasteiger charge is 2.43. The van der Waals surface area contributed by atoms with Gasteiger partial charge in [0.25, 0.3) is 17.6 Å². The lowest BCUT2D eigenvalue weighted by molar-refractivity contribution is -0.141. The quantitative estimate of drug-likeness (QED) is 0.0379. The van der Waals surface area contributed by atoms with Crippen molar-refractivity contribution in [3.8, 4) is 17.1 Å². The van der Waals surface area contributed by atoms with Gasteiger partial charge in [-0.2, -0.15) is 4.68 Å². The Bertz CT molecular complexity index is 2990. The first-order valence-corrected chi connectivity index (χ1v) is 29.6. The summed E-state index contributed by atoms with van der Waals surface area (Å²) in [6, 6.07) is 9.87. The van der Waals surface area contributed by atoms with Gasteiger partial charge in [0, 0.05) is 61.3 Å². The zero-order valence-electron chi connectivity index (χ0n) is 48.1. The van der Waals surface area contributed by atoms with Crippen LogP contribution in [0.2, 0.25) is 0 Å². The molecule has 6 heterocycles. The maximum Gasteiger partial charge on any atom is 0.262 e. The number of halogens is 1. The predicted molar refractivity (Wildman–Crippen MR) is 311 cm³/mol. The molecule has 2 aromatic heterocycles. The molecule has 4 N–H and O–H groups in total. The predicted octanol–water partition coefficient (Wildman–Crippen LogP) is 5.50. The van der Waals surface area contributed by atoms with E-state index >= 15 is 0 Å². The number of hydrogen-bond donors (Lipinski definition) is 3. The van der Waals surface area contributed by atoms with Crippen molar-refractivity contribution in [3.05, 3.63) is 93.8 Å². The number of rotatable bonds is 27. The molecular formula is C59H77FN12O10S. The number of aliphatic imine (C=N–C) groups is 1. The second-order valence-corrected chi connectivity index (χ2v) is 22.3. The number of hydrogen-bond acceptors (Lipinski definition) is 18. The van der Waals surface area contributed by atoms with Crippen LogP contribution in [0.25, 0.3) is 16.1 Å². The molecule has 83 heavy (non-hydrogen) atoms. The highest BCUT2D eigenvalue weighted by molar-refractivity contribution is 8.14. The summed E-state index contributed by atoms with van der Waals surface area (Å²) in [4.78, 5) is 91.0. The average Bonchev–Trinajstić information content (AvgIpc) is 4.49. The molecule has 2 bridgehead atoms. The Hall–Kier alpha value is -6.72. The second-order valence-electron chi connectivity index (χ2n) is 21.3. The number of aryl methyl sites for hydroxylation is 1. The van der Waals surface area contributed by atoms with E-state index in [-0.39, 0.29) is 104 Å². The number of thioether (sulfide) groups is 1. The maximum absolute atomic E-state index is 14.5. The van der Waals surface area contributed by atoms with Crippen molar-refractivity contribution in [1.29, 1.82) is 0 Å². The Morgan fingerprint density at radius 2 is 1.65 bits per heavy atom. The number of benzene rings is 2. The molecule has 0 radical (unpaired) electrons. The van der Waals surface area contributed by atoms with E-state index in [4.69, 9.17) is 46.1 Å². The first-order valence-electron chi connectivity index (χ1n) is 28.6. The number of nitrogen functional groups attached to an aromatic ring is 1. The number of piperidine rings is 1. The van der Waals surface area contributed by atoms with Crippen molar-refractivity contribution in [2.24, 2.45) is 16.8 Å². The van der Waals surface area contributed by atoms with Gasteiger partial charge in [-0.05, 0) is 103 Å². The lowest BCUT2D eigenvalue weighted by atomic mass is 9.79. The van der Waals surface area contributed by atoms with Gasteiger partial charge in [0.1, 0.15) is 36.0 Å². The topological polar surface area (TPSA) is 252 Å². The normalized spacial score (nSPS) is 19.2. The molecule has 1 unspecified atom stereocenters. The first-order chi connectivity index (χ1) is 40.1. The zero-order chi connectivity index (χ0) is 59.0. The third kappa shape index (κ3) is 16.3. The van der Waals surface area contributed by atoms with Crippen LogP contribution in [0.1, 0.15) is 96.0 Å². The van der Waals surface area contributed by atoms with Crippen molar-refractivity contribution < 1.29 is 52.0 Å². The van der Waals surface area contributed by atoms with Gasteiger partial charge >= 0.3 is 0 Å². The summed E-state index contributed by atoms with van der Waals surface area (Å²) in [7, 11) is 3.42. The molecule has 2 saturated heterocycles. The number of nitrogens with two attached hydrogens (primary N) is 1. The lowest BCUT2D eigenvalue weighted by Gasteiger charge is -2.38. The number of ketones is 2. The molecular weight excluding hydrogens is 1090 g/mol. The second kappa shape index (κ2) is 30.2. The van der Waals surface area contributed by atoms with Gasteiger partial charge in [0.05, 0.1) is 101 Å². The molecule has 446 valence electrons. The molecule has 4 aliphatic rings. The molecule has 2 aromatic carbocycles. The third-order valence-corrected chi connectivity index (χ3v) is 16.7. The van der Waals surface area contributed by atoms with Crippen LogP contribution < -0.4 is 21.1 Å². The monoisotopic (exact) mass is 1160 g/mol. The fourth-order valence-corrected chi connectivity index (χ4v) is 12.0. The Morgan fingerprint density at radius 3 is 2.35 bits per heavy atom. The molecule has 5 atom stereocenters. The number of carbonyl (C=O) groups is 5. The molecule has 3 amide bonds. The van der Waals surface area contributed by atoms with Crippen molar-refractivity contribution in [1.82, 2.24) is 45.1 Å². The number of anilines is 1. The van der Waals surface area contributed by atoms with Gasteiger partial charge < -0.3 is 59.6 Å². The summed E-state index contributed by atoms with van der Waals surface area (Å²) in [6.45, 7) is 20.0. The number of nitrogens with zero attached hydrogens (tertiary/aromatic N) is 9. The third-order valence-electron chi connectivity index (χ3n) is 15.6. The van der Waals surface area contributed by atoms with Gasteiger partial charge in [-0.25, -0.2) is 14.4 Å².